The molecule has 1 fully saturated rings. The quantitative estimate of drug-likeness (QED) is 0.720. The topological polar surface area (TPSA) is 20.3 Å². The van der Waals surface area contributed by atoms with Crippen molar-refractivity contribution in [2.24, 2.45) is 0 Å². The van der Waals surface area contributed by atoms with Crippen molar-refractivity contribution in [2.45, 2.75) is 32.6 Å². The first-order valence-corrected chi connectivity index (χ1v) is 6.89. The number of rotatable bonds is 1. The molecule has 2 heteroatoms. The van der Waals surface area contributed by atoms with Crippen molar-refractivity contribution in [2.75, 3.05) is 20.1 Å². The molecule has 0 spiro atoms. The first-order valence-electron chi connectivity index (χ1n) is 6.89. The maximum Gasteiger partial charge on any atom is 0.161 e. The van der Waals surface area contributed by atoms with Gasteiger partial charge < -0.3 is 4.90 Å². The predicted molar refractivity (Wildman–Crippen MR) is 80.2 cm³/mol. The molecule has 1 heterocycles. The summed E-state index contributed by atoms with van der Waals surface area (Å²) in [4.78, 5) is 14.1. The molecule has 0 atom stereocenters. The van der Waals surface area contributed by atoms with Crippen molar-refractivity contribution in [3.8, 4) is 0 Å². The maximum absolute atomic E-state index is 11.9. The van der Waals surface area contributed by atoms with E-state index >= 15 is 0 Å². The number of carbonyl (C=O) groups is 1. The molecular formula is C17H23NO. The van der Waals surface area contributed by atoms with E-state index in [0.29, 0.717) is 6.42 Å². The van der Waals surface area contributed by atoms with Crippen LogP contribution >= 0.6 is 0 Å². The number of Topliss-reactive ketones (excluding diaryl/α,β-unsaturated/α-hetero) is 1. The van der Waals surface area contributed by atoms with Gasteiger partial charge in [0.1, 0.15) is 0 Å². The second-order valence-corrected chi connectivity index (χ2v) is 6.45. The SMILES string of the molecule is CN1CCC(=O)/C(=C/c2ccc(C(C)(C)C)cc2)C1. The summed E-state index contributed by atoms with van der Waals surface area (Å²) in [5.74, 6) is 0.290. The van der Waals surface area contributed by atoms with Crippen LogP contribution in [0.1, 0.15) is 38.3 Å². The third-order valence-corrected chi connectivity index (χ3v) is 3.64. The molecule has 0 radical (unpaired) electrons. The minimum Gasteiger partial charge on any atom is -0.302 e. The maximum atomic E-state index is 11.9. The van der Waals surface area contributed by atoms with Gasteiger partial charge in [-0.2, -0.15) is 0 Å². The fourth-order valence-corrected chi connectivity index (χ4v) is 2.32. The van der Waals surface area contributed by atoms with Crippen molar-refractivity contribution in [1.29, 1.82) is 0 Å². The summed E-state index contributed by atoms with van der Waals surface area (Å²) < 4.78 is 0. The number of nitrogens with zero attached hydrogens (tertiary/aromatic N) is 1. The number of benzene rings is 1. The lowest BCUT2D eigenvalue weighted by molar-refractivity contribution is -0.117. The summed E-state index contributed by atoms with van der Waals surface area (Å²) in [6.07, 6.45) is 2.67. The molecule has 2 nitrogen and oxygen atoms in total. The van der Waals surface area contributed by atoms with Crippen LogP contribution in [0.5, 0.6) is 0 Å². The zero-order chi connectivity index (χ0) is 14.0. The van der Waals surface area contributed by atoms with Crippen LogP contribution in [0.4, 0.5) is 0 Å². The van der Waals surface area contributed by atoms with Crippen LogP contribution in [-0.4, -0.2) is 30.8 Å². The Bertz CT molecular complexity index is 491. The van der Waals surface area contributed by atoms with E-state index in [1.165, 1.54) is 5.56 Å². The molecule has 0 aliphatic carbocycles. The smallest absolute Gasteiger partial charge is 0.161 e. The molecule has 0 aromatic heterocycles. The Labute approximate surface area is 116 Å². The van der Waals surface area contributed by atoms with Crippen LogP contribution in [0.2, 0.25) is 0 Å². The van der Waals surface area contributed by atoms with Crippen LogP contribution < -0.4 is 0 Å². The van der Waals surface area contributed by atoms with Gasteiger partial charge in [-0.25, -0.2) is 0 Å². The van der Waals surface area contributed by atoms with Gasteiger partial charge in [-0.15, -0.1) is 0 Å². The number of carbonyl (C=O) groups excluding carboxylic acids is 1. The van der Waals surface area contributed by atoms with Crippen molar-refractivity contribution >= 4 is 11.9 Å². The van der Waals surface area contributed by atoms with Gasteiger partial charge in [0.2, 0.25) is 0 Å². The summed E-state index contributed by atoms with van der Waals surface area (Å²) in [5.41, 5.74) is 3.54. The van der Waals surface area contributed by atoms with E-state index in [9.17, 15) is 4.79 Å². The Kier molecular flexibility index (Phi) is 3.91. The highest BCUT2D eigenvalue weighted by Crippen LogP contribution is 2.23. The van der Waals surface area contributed by atoms with E-state index in [-0.39, 0.29) is 11.2 Å². The minimum absolute atomic E-state index is 0.173. The normalized spacial score (nSPS) is 20.0. The summed E-state index contributed by atoms with van der Waals surface area (Å²) in [6, 6.07) is 8.53. The minimum atomic E-state index is 0.173. The molecule has 0 saturated carbocycles. The molecule has 1 aromatic rings. The first kappa shape index (κ1) is 14.0. The molecule has 102 valence electrons. The molecule has 0 bridgehead atoms. The predicted octanol–water partition coefficient (Wildman–Crippen LogP) is 3.27. The van der Waals surface area contributed by atoms with E-state index in [4.69, 9.17) is 0 Å². The number of ketones is 1. The number of likely N-dealkylation sites (tertiary alicyclic amines) is 1. The van der Waals surface area contributed by atoms with Crippen LogP contribution in [0.15, 0.2) is 29.8 Å². The van der Waals surface area contributed by atoms with Crippen LogP contribution in [0.3, 0.4) is 0 Å². The molecule has 1 aliphatic rings. The van der Waals surface area contributed by atoms with Crippen molar-refractivity contribution in [3.05, 3.63) is 41.0 Å². The summed E-state index contributed by atoms with van der Waals surface area (Å²) >= 11 is 0. The molecule has 1 saturated heterocycles. The number of piperidine rings is 1. The Balaban J connectivity index is 2.21. The third-order valence-electron chi connectivity index (χ3n) is 3.64. The van der Waals surface area contributed by atoms with E-state index in [2.05, 4.69) is 57.0 Å². The van der Waals surface area contributed by atoms with Gasteiger partial charge in [0.15, 0.2) is 5.78 Å². The zero-order valence-electron chi connectivity index (χ0n) is 12.4. The Hall–Kier alpha value is -1.41. The highest BCUT2D eigenvalue weighted by atomic mass is 16.1. The summed E-state index contributed by atoms with van der Waals surface area (Å²) in [7, 11) is 2.06. The third kappa shape index (κ3) is 3.54. The van der Waals surface area contributed by atoms with Crippen LogP contribution in [-0.2, 0) is 10.2 Å². The van der Waals surface area contributed by atoms with Crippen molar-refractivity contribution in [1.82, 2.24) is 4.90 Å². The van der Waals surface area contributed by atoms with Gasteiger partial charge in [0.25, 0.3) is 0 Å². The first-order chi connectivity index (χ1) is 8.86. The molecular weight excluding hydrogens is 234 g/mol. The fourth-order valence-electron chi connectivity index (χ4n) is 2.32. The van der Waals surface area contributed by atoms with Crippen LogP contribution in [0.25, 0.3) is 6.08 Å². The second kappa shape index (κ2) is 5.30. The van der Waals surface area contributed by atoms with Gasteiger partial charge in [-0.3, -0.25) is 4.79 Å². The zero-order valence-corrected chi connectivity index (χ0v) is 12.4. The Morgan fingerprint density at radius 2 is 1.79 bits per heavy atom. The number of likely N-dealkylation sites (N-methyl/N-ethyl adjacent to an activating group) is 1. The summed E-state index contributed by atoms with van der Waals surface area (Å²) in [5, 5.41) is 0. The monoisotopic (exact) mass is 257 g/mol. The van der Waals surface area contributed by atoms with E-state index in [1.54, 1.807) is 0 Å². The van der Waals surface area contributed by atoms with Gasteiger partial charge >= 0.3 is 0 Å². The lowest BCUT2D eigenvalue weighted by atomic mass is 9.86. The molecule has 1 aliphatic heterocycles. The fraction of sp³-hybridized carbons (Fsp3) is 0.471. The Morgan fingerprint density at radius 3 is 2.37 bits per heavy atom. The molecule has 19 heavy (non-hydrogen) atoms. The highest BCUT2D eigenvalue weighted by molar-refractivity contribution is 6.00. The Morgan fingerprint density at radius 1 is 1.16 bits per heavy atom. The highest BCUT2D eigenvalue weighted by Gasteiger charge is 2.18. The van der Waals surface area contributed by atoms with Gasteiger partial charge in [0, 0.05) is 25.1 Å². The van der Waals surface area contributed by atoms with Gasteiger partial charge in [-0.05, 0) is 29.7 Å². The molecule has 1 aromatic carbocycles. The molecule has 2 rings (SSSR count). The van der Waals surface area contributed by atoms with Crippen LogP contribution in [0, 0.1) is 0 Å². The molecule has 0 unspecified atom stereocenters. The molecule has 0 amide bonds. The lowest BCUT2D eigenvalue weighted by Gasteiger charge is -2.23. The summed E-state index contributed by atoms with van der Waals surface area (Å²) in [6.45, 7) is 8.26. The standard InChI is InChI=1S/C17H23NO/c1-17(2,3)15-7-5-13(6-8-15)11-14-12-18(4)10-9-16(14)19/h5-8,11H,9-10,12H2,1-4H3/b14-11+. The number of hydrogen-bond acceptors (Lipinski definition) is 2. The number of hydrogen-bond donors (Lipinski definition) is 0. The van der Waals surface area contributed by atoms with Crippen molar-refractivity contribution in [3.63, 3.8) is 0 Å². The van der Waals surface area contributed by atoms with E-state index < -0.39 is 0 Å². The average Bonchev–Trinajstić information content (AvgIpc) is 2.33. The van der Waals surface area contributed by atoms with E-state index in [0.717, 1.165) is 24.2 Å². The average molecular weight is 257 g/mol. The van der Waals surface area contributed by atoms with Gasteiger partial charge in [0.05, 0.1) is 0 Å². The van der Waals surface area contributed by atoms with Crippen molar-refractivity contribution < 1.29 is 4.79 Å². The largest absolute Gasteiger partial charge is 0.302 e. The lowest BCUT2D eigenvalue weighted by Crippen LogP contribution is -2.32. The molecule has 0 N–H and O–H groups in total. The van der Waals surface area contributed by atoms with Gasteiger partial charge in [-0.1, -0.05) is 45.0 Å². The second-order valence-electron chi connectivity index (χ2n) is 6.45. The van der Waals surface area contributed by atoms with E-state index in [1.807, 2.05) is 6.08 Å².